The van der Waals surface area contributed by atoms with Crippen LogP contribution in [0.3, 0.4) is 0 Å². The third kappa shape index (κ3) is 4.93. The maximum absolute atomic E-state index is 12.3. The maximum Gasteiger partial charge on any atom is 0.265 e. The highest BCUT2D eigenvalue weighted by molar-refractivity contribution is 9.10. The molecule has 7 heteroatoms. The zero-order chi connectivity index (χ0) is 17.6. The molecule has 0 radical (unpaired) electrons. The second-order valence-corrected chi connectivity index (χ2v) is 6.62. The Hall–Kier alpha value is -2.12. The fourth-order valence-corrected chi connectivity index (χ4v) is 2.72. The van der Waals surface area contributed by atoms with Gasteiger partial charge in [0.2, 0.25) is 0 Å². The molecule has 0 spiro atoms. The van der Waals surface area contributed by atoms with Gasteiger partial charge in [0.25, 0.3) is 5.91 Å². The lowest BCUT2D eigenvalue weighted by molar-refractivity contribution is -0.122. The van der Waals surface area contributed by atoms with Crippen molar-refractivity contribution in [2.24, 2.45) is 0 Å². The van der Waals surface area contributed by atoms with Crippen LogP contribution in [0.25, 0.3) is 0 Å². The molecule has 0 saturated carbocycles. The molecule has 1 aromatic heterocycles. The minimum atomic E-state index is -0.611. The molecule has 25 heavy (non-hydrogen) atoms. The second kappa shape index (κ2) is 8.31. The molecule has 1 amide bonds. The van der Waals surface area contributed by atoms with Crippen LogP contribution in [0.15, 0.2) is 47.1 Å². The fourth-order valence-electron chi connectivity index (χ4n) is 2.45. The third-order valence-electron chi connectivity index (χ3n) is 3.85. The standard InChI is InChI=1S/C18H20BrN3O3/c1-13(25-16-5-2-14(19)3-6-16)18(23)21-15-4-7-17(20-12-15)22-8-10-24-11-9-22/h2-7,12-13H,8-11H2,1H3,(H,21,23). The number of ether oxygens (including phenoxy) is 2. The number of anilines is 2. The normalized spacial score (nSPS) is 15.5. The van der Waals surface area contributed by atoms with Crippen LogP contribution in [-0.2, 0) is 9.53 Å². The molecule has 0 aliphatic carbocycles. The molecule has 132 valence electrons. The Morgan fingerprint density at radius 2 is 1.96 bits per heavy atom. The van der Waals surface area contributed by atoms with E-state index in [-0.39, 0.29) is 5.91 Å². The molecule has 2 heterocycles. The van der Waals surface area contributed by atoms with E-state index in [2.05, 4.69) is 31.1 Å². The summed E-state index contributed by atoms with van der Waals surface area (Å²) in [5.41, 5.74) is 0.647. The van der Waals surface area contributed by atoms with Crippen LogP contribution in [-0.4, -0.2) is 43.3 Å². The van der Waals surface area contributed by atoms with Crippen LogP contribution >= 0.6 is 15.9 Å². The molecular weight excluding hydrogens is 386 g/mol. The Kier molecular flexibility index (Phi) is 5.88. The minimum absolute atomic E-state index is 0.219. The number of aromatic nitrogens is 1. The van der Waals surface area contributed by atoms with Gasteiger partial charge in [-0.15, -0.1) is 0 Å². The van der Waals surface area contributed by atoms with Gasteiger partial charge >= 0.3 is 0 Å². The first-order valence-corrected chi connectivity index (χ1v) is 8.93. The van der Waals surface area contributed by atoms with E-state index in [0.29, 0.717) is 24.7 Å². The van der Waals surface area contributed by atoms with Gasteiger partial charge in [-0.3, -0.25) is 4.79 Å². The topological polar surface area (TPSA) is 63.7 Å². The van der Waals surface area contributed by atoms with Gasteiger partial charge in [-0.05, 0) is 43.3 Å². The van der Waals surface area contributed by atoms with E-state index in [9.17, 15) is 4.79 Å². The highest BCUT2D eigenvalue weighted by Crippen LogP contribution is 2.19. The summed E-state index contributed by atoms with van der Waals surface area (Å²) in [6.45, 7) is 4.80. The van der Waals surface area contributed by atoms with E-state index < -0.39 is 6.10 Å². The number of hydrogen-bond acceptors (Lipinski definition) is 5. The van der Waals surface area contributed by atoms with Crippen LogP contribution in [0.5, 0.6) is 5.75 Å². The fraction of sp³-hybridized carbons (Fsp3) is 0.333. The highest BCUT2D eigenvalue weighted by Gasteiger charge is 2.16. The van der Waals surface area contributed by atoms with Gasteiger partial charge in [0.15, 0.2) is 6.10 Å². The number of hydrogen-bond donors (Lipinski definition) is 1. The number of pyridine rings is 1. The Morgan fingerprint density at radius 1 is 1.24 bits per heavy atom. The molecule has 1 atom stereocenters. The van der Waals surface area contributed by atoms with Crippen molar-refractivity contribution in [1.82, 2.24) is 4.98 Å². The van der Waals surface area contributed by atoms with Gasteiger partial charge in [0.05, 0.1) is 25.1 Å². The van der Waals surface area contributed by atoms with Crippen LogP contribution in [0.1, 0.15) is 6.92 Å². The molecule has 1 unspecified atom stereocenters. The number of carbonyl (C=O) groups excluding carboxylic acids is 1. The zero-order valence-corrected chi connectivity index (χ0v) is 15.5. The average molecular weight is 406 g/mol. The summed E-state index contributed by atoms with van der Waals surface area (Å²) in [7, 11) is 0. The van der Waals surface area contributed by atoms with Gasteiger partial charge in [0, 0.05) is 17.6 Å². The molecule has 1 N–H and O–H groups in total. The Morgan fingerprint density at radius 3 is 2.60 bits per heavy atom. The average Bonchev–Trinajstić information content (AvgIpc) is 2.65. The number of halogens is 1. The summed E-state index contributed by atoms with van der Waals surface area (Å²) >= 11 is 3.37. The van der Waals surface area contributed by atoms with Crippen molar-refractivity contribution < 1.29 is 14.3 Å². The van der Waals surface area contributed by atoms with Gasteiger partial charge in [-0.2, -0.15) is 0 Å². The Bertz CT molecular complexity index is 701. The van der Waals surface area contributed by atoms with Gasteiger partial charge < -0.3 is 19.7 Å². The first-order valence-electron chi connectivity index (χ1n) is 8.13. The van der Waals surface area contributed by atoms with Gasteiger partial charge in [-0.1, -0.05) is 15.9 Å². The number of morpholine rings is 1. The first kappa shape index (κ1) is 17.7. The Labute approximate surface area is 155 Å². The quantitative estimate of drug-likeness (QED) is 0.827. The summed E-state index contributed by atoms with van der Waals surface area (Å²) in [6, 6.07) is 11.1. The molecule has 6 nitrogen and oxygen atoms in total. The molecule has 1 aromatic carbocycles. The Balaban J connectivity index is 1.55. The van der Waals surface area contributed by atoms with E-state index in [1.807, 2.05) is 36.4 Å². The monoisotopic (exact) mass is 405 g/mol. The van der Waals surface area contributed by atoms with Crippen molar-refractivity contribution in [1.29, 1.82) is 0 Å². The zero-order valence-electron chi connectivity index (χ0n) is 13.9. The number of rotatable bonds is 5. The highest BCUT2D eigenvalue weighted by atomic mass is 79.9. The molecule has 3 rings (SSSR count). The number of amides is 1. The molecule has 1 aliphatic heterocycles. The summed E-state index contributed by atoms with van der Waals surface area (Å²) in [5.74, 6) is 1.32. The van der Waals surface area contributed by atoms with Gasteiger partial charge in [-0.25, -0.2) is 4.98 Å². The second-order valence-electron chi connectivity index (χ2n) is 5.71. The molecule has 1 aliphatic rings. The summed E-state index contributed by atoms with van der Waals surface area (Å²) < 4.78 is 11.9. The summed E-state index contributed by atoms with van der Waals surface area (Å²) in [5, 5.41) is 2.82. The number of nitrogens with one attached hydrogen (secondary N) is 1. The molecule has 1 saturated heterocycles. The lowest BCUT2D eigenvalue weighted by Crippen LogP contribution is -2.36. The summed E-state index contributed by atoms with van der Waals surface area (Å²) in [6.07, 6.45) is 1.05. The predicted molar refractivity (Wildman–Crippen MR) is 100 cm³/mol. The maximum atomic E-state index is 12.3. The van der Waals surface area contributed by atoms with E-state index >= 15 is 0 Å². The SMILES string of the molecule is CC(Oc1ccc(Br)cc1)C(=O)Nc1ccc(N2CCOCC2)nc1. The van der Waals surface area contributed by atoms with E-state index in [4.69, 9.17) is 9.47 Å². The molecular formula is C18H20BrN3O3. The van der Waals surface area contributed by atoms with Crippen molar-refractivity contribution in [2.45, 2.75) is 13.0 Å². The molecule has 0 bridgehead atoms. The molecule has 2 aromatic rings. The number of carbonyl (C=O) groups is 1. The van der Waals surface area contributed by atoms with E-state index in [1.54, 1.807) is 13.1 Å². The van der Waals surface area contributed by atoms with Crippen LogP contribution in [0.2, 0.25) is 0 Å². The van der Waals surface area contributed by atoms with E-state index in [1.165, 1.54) is 0 Å². The van der Waals surface area contributed by atoms with Crippen molar-refractivity contribution in [2.75, 3.05) is 36.5 Å². The molecule has 1 fully saturated rings. The van der Waals surface area contributed by atoms with E-state index in [0.717, 1.165) is 23.4 Å². The lowest BCUT2D eigenvalue weighted by atomic mass is 10.3. The lowest BCUT2D eigenvalue weighted by Gasteiger charge is -2.27. The van der Waals surface area contributed by atoms with Crippen LogP contribution in [0, 0.1) is 0 Å². The van der Waals surface area contributed by atoms with Gasteiger partial charge in [0.1, 0.15) is 11.6 Å². The largest absolute Gasteiger partial charge is 0.481 e. The van der Waals surface area contributed by atoms with Crippen LogP contribution < -0.4 is 15.0 Å². The summed E-state index contributed by atoms with van der Waals surface area (Å²) in [4.78, 5) is 18.8. The van der Waals surface area contributed by atoms with Crippen molar-refractivity contribution in [3.05, 3.63) is 47.1 Å². The number of nitrogens with zero attached hydrogens (tertiary/aromatic N) is 2. The van der Waals surface area contributed by atoms with Crippen molar-refractivity contribution in [3.8, 4) is 5.75 Å². The number of benzene rings is 1. The van der Waals surface area contributed by atoms with Crippen LogP contribution in [0.4, 0.5) is 11.5 Å². The van der Waals surface area contributed by atoms with Crippen molar-refractivity contribution in [3.63, 3.8) is 0 Å². The predicted octanol–water partition coefficient (Wildman–Crippen LogP) is 3.09. The smallest absolute Gasteiger partial charge is 0.265 e. The minimum Gasteiger partial charge on any atom is -0.481 e. The first-order chi connectivity index (χ1) is 12.1. The third-order valence-corrected chi connectivity index (χ3v) is 4.37. The van der Waals surface area contributed by atoms with Crippen molar-refractivity contribution >= 4 is 33.3 Å².